The molecule has 0 unspecified atom stereocenters. The smallest absolute Gasteiger partial charge is 0.166 e. The molecule has 0 atom stereocenters. The number of hydrogen-bond donors (Lipinski definition) is 1. The molecule has 5 heteroatoms. The van der Waals surface area contributed by atoms with Crippen LogP contribution in [0, 0.1) is 0 Å². The van der Waals surface area contributed by atoms with Crippen molar-refractivity contribution in [3.63, 3.8) is 0 Å². The van der Waals surface area contributed by atoms with Crippen LogP contribution in [-0.4, -0.2) is 0 Å². The fourth-order valence-electron chi connectivity index (χ4n) is 0.745. The molecule has 66 valence electrons. The van der Waals surface area contributed by atoms with Gasteiger partial charge in [0.05, 0.1) is 5.56 Å². The van der Waals surface area contributed by atoms with Gasteiger partial charge in [0.25, 0.3) is 0 Å². The summed E-state index contributed by atoms with van der Waals surface area (Å²) in [6, 6.07) is 3.25. The second kappa shape index (κ2) is 3.18. The molecule has 12 heavy (non-hydrogen) atoms. The van der Waals surface area contributed by atoms with Crippen molar-refractivity contribution in [3.8, 4) is 0 Å². The van der Waals surface area contributed by atoms with E-state index in [1.54, 1.807) is 0 Å². The predicted octanol–water partition coefficient (Wildman–Crippen LogP) is 3.65. The fourth-order valence-corrected chi connectivity index (χ4v) is 1.33. The Bertz CT molecular complexity index is 295. The number of thiol groups is 1. The first-order chi connectivity index (χ1) is 5.41. The van der Waals surface area contributed by atoms with Crippen LogP contribution in [0.15, 0.2) is 23.1 Å². The second-order valence-corrected chi connectivity index (χ2v) is 3.08. The van der Waals surface area contributed by atoms with Crippen molar-refractivity contribution >= 4 is 24.2 Å². The molecule has 0 nitrogen and oxygen atoms in total. The Balaban J connectivity index is 3.19. The van der Waals surface area contributed by atoms with Gasteiger partial charge in [-0.05, 0) is 18.2 Å². The highest BCUT2D eigenvalue weighted by molar-refractivity contribution is 7.80. The van der Waals surface area contributed by atoms with E-state index in [0.29, 0.717) is 0 Å². The Morgan fingerprint density at radius 2 is 1.83 bits per heavy atom. The molecule has 0 amide bonds. The van der Waals surface area contributed by atoms with Crippen LogP contribution in [0.3, 0.4) is 0 Å². The van der Waals surface area contributed by atoms with Crippen molar-refractivity contribution in [1.82, 2.24) is 0 Å². The molecular formula is C7H4ClF3S. The Morgan fingerprint density at radius 1 is 1.25 bits per heavy atom. The van der Waals surface area contributed by atoms with Crippen molar-refractivity contribution in [1.29, 1.82) is 0 Å². The zero-order valence-corrected chi connectivity index (χ0v) is 7.34. The molecule has 0 N–H and O–H groups in total. The van der Waals surface area contributed by atoms with Gasteiger partial charge in [0.15, 0.2) is 0 Å². The van der Waals surface area contributed by atoms with Gasteiger partial charge >= 0.3 is 6.18 Å². The molecular weight excluding hydrogens is 209 g/mol. The molecule has 0 bridgehead atoms. The Kier molecular flexibility index (Phi) is 2.58. The highest BCUT2D eigenvalue weighted by Gasteiger charge is 2.32. The summed E-state index contributed by atoms with van der Waals surface area (Å²) in [6.07, 6.45) is -4.36. The predicted molar refractivity (Wildman–Crippen MR) is 43.7 cm³/mol. The lowest BCUT2D eigenvalue weighted by atomic mass is 10.2. The summed E-state index contributed by atoms with van der Waals surface area (Å²) < 4.78 is 36.3. The van der Waals surface area contributed by atoms with E-state index in [4.69, 9.17) is 11.6 Å². The van der Waals surface area contributed by atoms with Crippen molar-refractivity contribution in [2.45, 2.75) is 11.1 Å². The van der Waals surface area contributed by atoms with E-state index in [1.807, 2.05) is 0 Å². The molecule has 1 aromatic rings. The standard InChI is InChI=1S/C7H4ClF3S/c8-4-1-2-5(6(12)3-4)7(9,10)11/h1-3,12H. The van der Waals surface area contributed by atoms with Crippen LogP contribution in [0.25, 0.3) is 0 Å². The Labute approximate surface area is 77.8 Å². The van der Waals surface area contributed by atoms with Gasteiger partial charge in [0, 0.05) is 9.92 Å². The summed E-state index contributed by atoms with van der Waals surface area (Å²) >= 11 is 9.11. The number of alkyl halides is 3. The van der Waals surface area contributed by atoms with E-state index < -0.39 is 11.7 Å². The first-order valence-electron chi connectivity index (χ1n) is 2.97. The third kappa shape index (κ3) is 2.08. The summed E-state index contributed by atoms with van der Waals surface area (Å²) in [5.41, 5.74) is -0.768. The minimum atomic E-state index is -4.36. The lowest BCUT2D eigenvalue weighted by Gasteiger charge is -2.08. The first-order valence-corrected chi connectivity index (χ1v) is 3.79. The lowest BCUT2D eigenvalue weighted by Crippen LogP contribution is -2.05. The number of halogens is 4. The van der Waals surface area contributed by atoms with Gasteiger partial charge in [0.1, 0.15) is 0 Å². The van der Waals surface area contributed by atoms with E-state index in [0.717, 1.165) is 12.1 Å². The number of rotatable bonds is 0. The normalized spacial score (nSPS) is 11.8. The molecule has 0 aromatic heterocycles. The van der Waals surface area contributed by atoms with E-state index >= 15 is 0 Å². The first kappa shape index (κ1) is 9.74. The van der Waals surface area contributed by atoms with Gasteiger partial charge in [-0.25, -0.2) is 0 Å². The summed E-state index contributed by atoms with van der Waals surface area (Å²) in [5.74, 6) is 0. The van der Waals surface area contributed by atoms with Crippen LogP contribution in [0.2, 0.25) is 5.02 Å². The third-order valence-electron chi connectivity index (χ3n) is 1.27. The highest BCUT2D eigenvalue weighted by atomic mass is 35.5. The van der Waals surface area contributed by atoms with Gasteiger partial charge in [-0.3, -0.25) is 0 Å². The van der Waals surface area contributed by atoms with Gasteiger partial charge in [-0.15, -0.1) is 12.6 Å². The van der Waals surface area contributed by atoms with Crippen LogP contribution in [-0.2, 0) is 6.18 Å². The molecule has 0 fully saturated rings. The maximum absolute atomic E-state index is 12.1. The maximum Gasteiger partial charge on any atom is 0.417 e. The SMILES string of the molecule is FC(F)(F)c1ccc(Cl)cc1S. The van der Waals surface area contributed by atoms with E-state index in [-0.39, 0.29) is 9.92 Å². The quantitative estimate of drug-likeness (QED) is 0.624. The molecule has 1 rings (SSSR count). The van der Waals surface area contributed by atoms with Crippen LogP contribution < -0.4 is 0 Å². The highest BCUT2D eigenvalue weighted by Crippen LogP contribution is 2.34. The summed E-state index contributed by atoms with van der Waals surface area (Å²) in [6.45, 7) is 0. The van der Waals surface area contributed by atoms with E-state index in [9.17, 15) is 13.2 Å². The van der Waals surface area contributed by atoms with E-state index in [1.165, 1.54) is 6.07 Å². The lowest BCUT2D eigenvalue weighted by molar-refractivity contribution is -0.139. The second-order valence-electron chi connectivity index (χ2n) is 2.16. The molecule has 0 heterocycles. The van der Waals surface area contributed by atoms with Gasteiger partial charge in [0.2, 0.25) is 0 Å². The third-order valence-corrected chi connectivity index (χ3v) is 1.87. The van der Waals surface area contributed by atoms with Crippen molar-refractivity contribution < 1.29 is 13.2 Å². The summed E-state index contributed by atoms with van der Waals surface area (Å²) in [7, 11) is 0. The molecule has 0 radical (unpaired) electrons. The largest absolute Gasteiger partial charge is 0.417 e. The van der Waals surface area contributed by atoms with Gasteiger partial charge in [-0.1, -0.05) is 11.6 Å². The number of hydrogen-bond acceptors (Lipinski definition) is 1. The Hall–Kier alpha value is -0.350. The minimum Gasteiger partial charge on any atom is -0.166 e. The Morgan fingerprint density at radius 3 is 2.25 bits per heavy atom. The monoisotopic (exact) mass is 212 g/mol. The van der Waals surface area contributed by atoms with Gasteiger partial charge < -0.3 is 0 Å². The maximum atomic E-state index is 12.1. The molecule has 0 aliphatic carbocycles. The molecule has 1 aromatic carbocycles. The zero-order valence-electron chi connectivity index (χ0n) is 5.69. The zero-order chi connectivity index (χ0) is 9.35. The summed E-state index contributed by atoms with van der Waals surface area (Å²) in [5, 5.41) is 0.244. The van der Waals surface area contributed by atoms with Crippen molar-refractivity contribution in [2.24, 2.45) is 0 Å². The number of benzene rings is 1. The van der Waals surface area contributed by atoms with E-state index in [2.05, 4.69) is 12.6 Å². The van der Waals surface area contributed by atoms with Crippen molar-refractivity contribution in [3.05, 3.63) is 28.8 Å². The molecule has 0 saturated heterocycles. The van der Waals surface area contributed by atoms with Crippen LogP contribution in [0.4, 0.5) is 13.2 Å². The van der Waals surface area contributed by atoms with Crippen LogP contribution in [0.1, 0.15) is 5.56 Å². The van der Waals surface area contributed by atoms with Crippen LogP contribution >= 0.6 is 24.2 Å². The van der Waals surface area contributed by atoms with Crippen molar-refractivity contribution in [2.75, 3.05) is 0 Å². The fraction of sp³-hybridized carbons (Fsp3) is 0.143. The minimum absolute atomic E-state index is 0.157. The van der Waals surface area contributed by atoms with Gasteiger partial charge in [-0.2, -0.15) is 13.2 Å². The topological polar surface area (TPSA) is 0 Å². The molecule has 0 saturated carbocycles. The molecule has 0 aliphatic rings. The average Bonchev–Trinajstić information content (AvgIpc) is 1.83. The molecule has 0 spiro atoms. The average molecular weight is 213 g/mol. The van der Waals surface area contributed by atoms with Crippen LogP contribution in [0.5, 0.6) is 0 Å². The summed E-state index contributed by atoms with van der Waals surface area (Å²) in [4.78, 5) is -0.157. The molecule has 0 aliphatic heterocycles.